The smallest absolute Gasteiger partial charge is 0.295 e. The van der Waals surface area contributed by atoms with E-state index in [1.165, 1.54) is 23.5 Å². The number of fused-ring (bicyclic) bond motifs is 1. The number of rotatable bonds is 4. The maximum absolute atomic E-state index is 13.1. The number of anilines is 1. The third-order valence-electron chi connectivity index (χ3n) is 3.06. The summed E-state index contributed by atoms with van der Waals surface area (Å²) in [5, 5.41) is 15.3. The number of nitrogens with zero attached hydrogens (tertiary/aromatic N) is 3. The molecule has 0 saturated heterocycles. The number of benzene rings is 1. The molecule has 1 amide bonds. The average molecular weight is 367 g/mol. The van der Waals surface area contributed by atoms with Crippen LogP contribution in [0.2, 0.25) is 5.15 Å². The Kier molecular flexibility index (Phi) is 4.28. The second kappa shape index (κ2) is 6.38. The number of imidazole rings is 1. The molecular weight excluding hydrogens is 359 g/mol. The lowest BCUT2D eigenvalue weighted by molar-refractivity contribution is -0.384. The van der Waals surface area contributed by atoms with Crippen LogP contribution in [0, 0.1) is 15.9 Å². The third-order valence-corrected chi connectivity index (χ3v) is 4.10. The maximum atomic E-state index is 13.1. The lowest BCUT2D eigenvalue weighted by Crippen LogP contribution is -2.09. The van der Waals surface area contributed by atoms with Crippen LogP contribution in [0.1, 0.15) is 5.69 Å². The summed E-state index contributed by atoms with van der Waals surface area (Å²) in [6.45, 7) is 0. The summed E-state index contributed by atoms with van der Waals surface area (Å²) in [5.74, 6) is -1.38. The van der Waals surface area contributed by atoms with Crippen LogP contribution in [0.4, 0.5) is 15.8 Å². The molecule has 0 fully saturated rings. The van der Waals surface area contributed by atoms with Gasteiger partial charge in [-0.15, -0.1) is 11.3 Å². The largest absolute Gasteiger partial charge is 0.317 e. The molecule has 122 valence electrons. The van der Waals surface area contributed by atoms with Gasteiger partial charge in [-0.3, -0.25) is 19.3 Å². The van der Waals surface area contributed by atoms with Crippen molar-refractivity contribution in [3.05, 3.63) is 62.6 Å². The molecule has 24 heavy (non-hydrogen) atoms. The topological polar surface area (TPSA) is 89.5 Å². The average Bonchev–Trinajstić information content (AvgIpc) is 3.07. The van der Waals surface area contributed by atoms with Gasteiger partial charge in [-0.25, -0.2) is 9.37 Å². The summed E-state index contributed by atoms with van der Waals surface area (Å²) in [4.78, 5) is 26.9. The minimum absolute atomic E-state index is 0.101. The lowest BCUT2D eigenvalue weighted by Gasteiger charge is -2.03. The van der Waals surface area contributed by atoms with Crippen LogP contribution in [0.3, 0.4) is 0 Å². The highest BCUT2D eigenvalue weighted by Crippen LogP contribution is 2.25. The molecule has 3 rings (SSSR count). The predicted molar refractivity (Wildman–Crippen MR) is 88.8 cm³/mol. The van der Waals surface area contributed by atoms with Crippen molar-refractivity contribution in [3.8, 4) is 0 Å². The highest BCUT2D eigenvalue weighted by atomic mass is 35.5. The van der Waals surface area contributed by atoms with Gasteiger partial charge in [-0.1, -0.05) is 11.6 Å². The molecule has 1 aromatic carbocycles. The first-order valence-corrected chi connectivity index (χ1v) is 7.75. The molecule has 0 aliphatic carbocycles. The van der Waals surface area contributed by atoms with Gasteiger partial charge in [0.1, 0.15) is 11.5 Å². The van der Waals surface area contributed by atoms with Gasteiger partial charge in [0.05, 0.1) is 16.7 Å². The first kappa shape index (κ1) is 16.1. The summed E-state index contributed by atoms with van der Waals surface area (Å²) in [6, 6.07) is 2.89. The predicted octanol–water partition coefficient (Wildman–Crippen LogP) is 3.75. The van der Waals surface area contributed by atoms with Crippen molar-refractivity contribution >= 4 is 51.3 Å². The van der Waals surface area contributed by atoms with E-state index >= 15 is 0 Å². The molecule has 2 aromatic heterocycles. The monoisotopic (exact) mass is 366 g/mol. The highest BCUT2D eigenvalue weighted by molar-refractivity contribution is 7.15. The zero-order chi connectivity index (χ0) is 17.3. The molecule has 0 atom stereocenters. The van der Waals surface area contributed by atoms with Crippen molar-refractivity contribution in [1.82, 2.24) is 9.38 Å². The SMILES string of the molecule is O=C(/C=C/c1c(Cl)nc2sccn12)Nc1ccc(F)cc1[N+](=O)[O-]. The Morgan fingerprint density at radius 1 is 1.50 bits per heavy atom. The van der Waals surface area contributed by atoms with Crippen LogP contribution >= 0.6 is 22.9 Å². The van der Waals surface area contributed by atoms with E-state index in [-0.39, 0.29) is 10.8 Å². The quantitative estimate of drug-likeness (QED) is 0.432. The molecule has 0 spiro atoms. The molecule has 0 aliphatic rings. The van der Waals surface area contributed by atoms with Crippen molar-refractivity contribution in [2.75, 3.05) is 5.32 Å². The Morgan fingerprint density at radius 3 is 3.04 bits per heavy atom. The third kappa shape index (κ3) is 3.12. The highest BCUT2D eigenvalue weighted by Gasteiger charge is 2.16. The van der Waals surface area contributed by atoms with Crippen molar-refractivity contribution < 1.29 is 14.1 Å². The summed E-state index contributed by atoms with van der Waals surface area (Å²) in [7, 11) is 0. The van der Waals surface area contributed by atoms with Crippen molar-refractivity contribution in [1.29, 1.82) is 0 Å². The minimum Gasteiger partial charge on any atom is -0.317 e. The molecule has 0 bridgehead atoms. The Labute approximate surface area is 143 Å². The summed E-state index contributed by atoms with van der Waals surface area (Å²) >= 11 is 7.39. The number of hydrogen-bond acceptors (Lipinski definition) is 5. The van der Waals surface area contributed by atoms with E-state index < -0.39 is 22.3 Å². The maximum Gasteiger partial charge on any atom is 0.295 e. The van der Waals surface area contributed by atoms with E-state index in [0.717, 1.165) is 18.2 Å². The van der Waals surface area contributed by atoms with Crippen LogP contribution in [0.5, 0.6) is 0 Å². The number of nitro groups is 1. The molecule has 0 radical (unpaired) electrons. The Morgan fingerprint density at radius 2 is 2.29 bits per heavy atom. The van der Waals surface area contributed by atoms with Gasteiger partial charge in [0.25, 0.3) is 5.69 Å². The van der Waals surface area contributed by atoms with Gasteiger partial charge < -0.3 is 5.32 Å². The second-order valence-electron chi connectivity index (χ2n) is 4.58. The molecule has 3 aromatic rings. The lowest BCUT2D eigenvalue weighted by atomic mass is 10.2. The normalized spacial score (nSPS) is 11.2. The molecule has 0 aliphatic heterocycles. The molecular formula is C14H8ClFN4O3S. The van der Waals surface area contributed by atoms with Crippen LogP contribution in [-0.4, -0.2) is 20.2 Å². The molecule has 2 heterocycles. The number of halogens is 2. The van der Waals surface area contributed by atoms with E-state index in [1.807, 2.05) is 5.38 Å². The van der Waals surface area contributed by atoms with Crippen molar-refractivity contribution in [3.63, 3.8) is 0 Å². The molecule has 1 N–H and O–H groups in total. The number of aromatic nitrogens is 2. The molecule has 10 heteroatoms. The van der Waals surface area contributed by atoms with Gasteiger partial charge in [0.2, 0.25) is 5.91 Å². The number of carbonyl (C=O) groups is 1. The summed E-state index contributed by atoms with van der Waals surface area (Å²) < 4.78 is 14.8. The van der Waals surface area contributed by atoms with Crippen LogP contribution < -0.4 is 5.32 Å². The van der Waals surface area contributed by atoms with E-state index in [2.05, 4.69) is 10.3 Å². The van der Waals surface area contributed by atoms with Gasteiger partial charge in [-0.2, -0.15) is 0 Å². The standard InChI is InChI=1S/C14H8ClFN4O3S/c15-13-10(19-5-6-24-14(19)18-13)3-4-12(21)17-9-2-1-8(16)7-11(9)20(22)23/h1-7H,(H,17,21)/b4-3+. The van der Waals surface area contributed by atoms with Gasteiger partial charge in [0, 0.05) is 17.7 Å². The van der Waals surface area contributed by atoms with E-state index in [4.69, 9.17) is 11.6 Å². The first-order valence-electron chi connectivity index (χ1n) is 6.50. The van der Waals surface area contributed by atoms with E-state index in [9.17, 15) is 19.3 Å². The molecule has 0 saturated carbocycles. The van der Waals surface area contributed by atoms with Crippen LogP contribution in [-0.2, 0) is 4.79 Å². The minimum atomic E-state index is -0.773. The van der Waals surface area contributed by atoms with Crippen molar-refractivity contribution in [2.24, 2.45) is 0 Å². The van der Waals surface area contributed by atoms with E-state index in [0.29, 0.717) is 10.7 Å². The van der Waals surface area contributed by atoms with Gasteiger partial charge in [-0.05, 0) is 18.2 Å². The fraction of sp³-hybridized carbons (Fsp3) is 0. The fourth-order valence-corrected chi connectivity index (χ4v) is 3.02. The molecule has 7 nitrogen and oxygen atoms in total. The molecule has 0 unspecified atom stereocenters. The number of amides is 1. The van der Waals surface area contributed by atoms with E-state index in [1.54, 1.807) is 10.6 Å². The second-order valence-corrected chi connectivity index (χ2v) is 5.82. The van der Waals surface area contributed by atoms with Crippen LogP contribution in [0.15, 0.2) is 35.9 Å². The number of nitrogens with one attached hydrogen (secondary N) is 1. The Hall–Kier alpha value is -2.78. The Balaban J connectivity index is 1.82. The van der Waals surface area contributed by atoms with Crippen molar-refractivity contribution in [2.45, 2.75) is 0 Å². The fourth-order valence-electron chi connectivity index (χ4n) is 2.02. The number of nitro benzene ring substituents is 1. The van der Waals surface area contributed by atoms with Crippen LogP contribution in [0.25, 0.3) is 11.0 Å². The number of thiazole rings is 1. The number of carbonyl (C=O) groups excluding carboxylic acids is 1. The van der Waals surface area contributed by atoms with Gasteiger partial charge >= 0.3 is 0 Å². The Bertz CT molecular complexity index is 982. The van der Waals surface area contributed by atoms with Gasteiger partial charge in [0.15, 0.2) is 10.1 Å². The zero-order valence-electron chi connectivity index (χ0n) is 11.8. The zero-order valence-corrected chi connectivity index (χ0v) is 13.3. The summed E-state index contributed by atoms with van der Waals surface area (Å²) in [5.41, 5.74) is -0.118. The first-order chi connectivity index (χ1) is 11.5. The number of hydrogen-bond donors (Lipinski definition) is 1. The summed E-state index contributed by atoms with van der Waals surface area (Å²) in [6.07, 6.45) is 4.36.